The van der Waals surface area contributed by atoms with Gasteiger partial charge in [-0.1, -0.05) is 28.4 Å². The van der Waals surface area contributed by atoms with Crippen molar-refractivity contribution in [1.29, 1.82) is 0 Å². The summed E-state index contributed by atoms with van der Waals surface area (Å²) in [5, 5.41) is 7.83. The van der Waals surface area contributed by atoms with E-state index in [9.17, 15) is 13.2 Å². The van der Waals surface area contributed by atoms with Gasteiger partial charge in [-0.3, -0.25) is 0 Å². The van der Waals surface area contributed by atoms with Crippen molar-refractivity contribution in [2.24, 2.45) is 0 Å². The predicted octanol–water partition coefficient (Wildman–Crippen LogP) is 4.63. The summed E-state index contributed by atoms with van der Waals surface area (Å²) in [6, 6.07) is 10.3. The second-order valence-electron chi connectivity index (χ2n) is 9.27. The number of methoxy groups -OCH3 is 1. The van der Waals surface area contributed by atoms with Crippen molar-refractivity contribution < 1.29 is 22.5 Å². The first kappa shape index (κ1) is 26.7. The van der Waals surface area contributed by atoms with Crippen LogP contribution in [-0.2, 0) is 15.4 Å². The topological polar surface area (TPSA) is 118 Å². The summed E-state index contributed by atoms with van der Waals surface area (Å²) in [4.78, 5) is 19.0. The molecule has 13 heteroatoms. The minimum absolute atomic E-state index is 0.0384. The van der Waals surface area contributed by atoms with Crippen LogP contribution in [0.1, 0.15) is 31.2 Å². The van der Waals surface area contributed by atoms with E-state index in [1.54, 1.807) is 31.1 Å². The first-order valence-electron chi connectivity index (χ1n) is 12.2. The van der Waals surface area contributed by atoms with Crippen LogP contribution in [0.3, 0.4) is 0 Å². The Balaban J connectivity index is 1.30. The van der Waals surface area contributed by atoms with E-state index >= 15 is 0 Å². The van der Waals surface area contributed by atoms with Crippen LogP contribution in [0.25, 0.3) is 11.5 Å². The van der Waals surface area contributed by atoms with Crippen molar-refractivity contribution in [1.82, 2.24) is 19.3 Å². The molecule has 1 saturated heterocycles. The van der Waals surface area contributed by atoms with Gasteiger partial charge in [-0.05, 0) is 56.2 Å². The van der Waals surface area contributed by atoms with Gasteiger partial charge in [0.05, 0.1) is 18.3 Å². The van der Waals surface area contributed by atoms with E-state index in [1.165, 1.54) is 4.31 Å². The molecule has 0 unspecified atom stereocenters. The number of halogens is 2. The molecule has 2 aromatic carbocycles. The Labute approximate surface area is 230 Å². The molecule has 2 aliphatic rings. The molecule has 202 valence electrons. The number of amides is 2. The first-order chi connectivity index (χ1) is 18.2. The van der Waals surface area contributed by atoms with Crippen molar-refractivity contribution >= 4 is 44.9 Å². The molecular formula is C25H27Cl2N5O5S. The molecule has 0 bridgehead atoms. The van der Waals surface area contributed by atoms with E-state index in [-0.39, 0.29) is 24.9 Å². The summed E-state index contributed by atoms with van der Waals surface area (Å²) in [5.74, 6) is 1.65. The molecule has 2 heterocycles. The minimum atomic E-state index is -3.28. The SMILES string of the molecule is CCS(=O)(=O)N1CCN(C(=O)Nc2cc(Cl)c(C3(c4noc(-c5ccc(OC)cc5)n4)CC3)c(Cl)c2)CC1. The molecular weight excluding hydrogens is 553 g/mol. The highest BCUT2D eigenvalue weighted by molar-refractivity contribution is 7.89. The average Bonchev–Trinajstić information content (AvgIpc) is 3.54. The van der Waals surface area contributed by atoms with Crippen LogP contribution in [0.5, 0.6) is 5.75 Å². The van der Waals surface area contributed by atoms with Crippen molar-refractivity contribution in [3.63, 3.8) is 0 Å². The third-order valence-corrected chi connectivity index (χ3v) is 9.47. The van der Waals surface area contributed by atoms with Gasteiger partial charge in [0, 0.05) is 53.0 Å². The number of benzene rings is 2. The minimum Gasteiger partial charge on any atom is -0.497 e. The third-order valence-electron chi connectivity index (χ3n) is 7.00. The van der Waals surface area contributed by atoms with Gasteiger partial charge in [-0.2, -0.15) is 9.29 Å². The van der Waals surface area contributed by atoms with Gasteiger partial charge in [0.1, 0.15) is 5.75 Å². The molecule has 38 heavy (non-hydrogen) atoms. The summed E-state index contributed by atoms with van der Waals surface area (Å²) in [6.07, 6.45) is 1.51. The standard InChI is InChI=1S/C25H27Cl2N5O5S/c1-3-38(34,35)32-12-10-31(11-13-32)24(33)28-17-14-19(26)21(20(27)15-17)25(8-9-25)23-29-22(37-30-23)16-4-6-18(36-2)7-5-16/h4-7,14-15H,3,8-13H2,1-2H3,(H,28,33). The van der Waals surface area contributed by atoms with Crippen LogP contribution in [0.2, 0.25) is 10.0 Å². The summed E-state index contributed by atoms with van der Waals surface area (Å²) < 4.78 is 36.3. The molecule has 1 saturated carbocycles. The van der Waals surface area contributed by atoms with E-state index < -0.39 is 15.4 Å². The van der Waals surface area contributed by atoms with E-state index in [1.807, 2.05) is 24.3 Å². The number of carbonyl (C=O) groups excluding carboxylic acids is 1. The quantitative estimate of drug-likeness (QED) is 0.433. The monoisotopic (exact) mass is 579 g/mol. The second-order valence-corrected chi connectivity index (χ2v) is 12.3. The smallest absolute Gasteiger partial charge is 0.321 e. The molecule has 2 amide bonds. The van der Waals surface area contributed by atoms with Gasteiger partial charge in [0.25, 0.3) is 5.89 Å². The van der Waals surface area contributed by atoms with Crippen LogP contribution in [0.4, 0.5) is 10.5 Å². The zero-order valence-corrected chi connectivity index (χ0v) is 23.2. The Bertz CT molecular complexity index is 1430. The normalized spacial score (nSPS) is 17.3. The lowest BCUT2D eigenvalue weighted by Gasteiger charge is -2.33. The fraction of sp³-hybridized carbons (Fsp3) is 0.400. The lowest BCUT2D eigenvalue weighted by molar-refractivity contribution is 0.184. The number of rotatable bonds is 7. The molecule has 0 spiro atoms. The fourth-order valence-corrected chi connectivity index (χ4v) is 6.57. The van der Waals surface area contributed by atoms with Gasteiger partial charge in [-0.15, -0.1) is 0 Å². The molecule has 10 nitrogen and oxygen atoms in total. The number of aromatic nitrogens is 2. The third kappa shape index (κ3) is 5.07. The molecule has 5 rings (SSSR count). The van der Waals surface area contributed by atoms with Gasteiger partial charge in [-0.25, -0.2) is 13.2 Å². The van der Waals surface area contributed by atoms with Crippen molar-refractivity contribution in [2.75, 3.05) is 44.4 Å². The predicted molar refractivity (Wildman–Crippen MR) is 144 cm³/mol. The zero-order chi connectivity index (χ0) is 27.1. The lowest BCUT2D eigenvalue weighted by atomic mass is 9.94. The molecule has 1 aliphatic carbocycles. The lowest BCUT2D eigenvalue weighted by Crippen LogP contribution is -2.51. The van der Waals surface area contributed by atoms with Crippen LogP contribution in [0, 0.1) is 0 Å². The molecule has 1 aliphatic heterocycles. The van der Waals surface area contributed by atoms with Crippen LogP contribution in [-0.4, -0.2) is 72.8 Å². The summed E-state index contributed by atoms with van der Waals surface area (Å²) >= 11 is 13.4. The van der Waals surface area contributed by atoms with Crippen LogP contribution >= 0.6 is 23.2 Å². The van der Waals surface area contributed by atoms with Gasteiger partial charge < -0.3 is 19.5 Å². The number of nitrogens with zero attached hydrogens (tertiary/aromatic N) is 4. The average molecular weight is 580 g/mol. The zero-order valence-electron chi connectivity index (χ0n) is 20.9. The molecule has 0 atom stereocenters. The second kappa shape index (κ2) is 10.4. The number of ether oxygens (including phenoxy) is 1. The highest BCUT2D eigenvalue weighted by atomic mass is 35.5. The number of sulfonamides is 1. The number of hydrogen-bond acceptors (Lipinski definition) is 7. The Kier molecular flexibility index (Phi) is 7.29. The molecule has 1 aromatic heterocycles. The van der Waals surface area contributed by atoms with Gasteiger partial charge in [0.15, 0.2) is 5.82 Å². The Hall–Kier alpha value is -2.86. The highest BCUT2D eigenvalue weighted by Crippen LogP contribution is 2.57. The number of piperazine rings is 1. The Morgan fingerprint density at radius 1 is 1.11 bits per heavy atom. The van der Waals surface area contributed by atoms with Crippen molar-refractivity contribution in [3.05, 3.63) is 57.8 Å². The number of nitrogens with one attached hydrogen (secondary N) is 1. The van der Waals surface area contributed by atoms with Crippen LogP contribution in [0.15, 0.2) is 40.9 Å². The molecule has 1 N–H and O–H groups in total. The van der Waals surface area contributed by atoms with E-state index in [0.717, 1.165) is 24.2 Å². The van der Waals surface area contributed by atoms with Gasteiger partial charge in [0.2, 0.25) is 10.0 Å². The Morgan fingerprint density at radius 3 is 2.29 bits per heavy atom. The summed E-state index contributed by atoms with van der Waals surface area (Å²) in [7, 11) is -1.67. The van der Waals surface area contributed by atoms with E-state index in [2.05, 4.69) is 15.5 Å². The molecule has 2 fully saturated rings. The number of anilines is 1. The highest BCUT2D eigenvalue weighted by Gasteiger charge is 2.52. The fourth-order valence-electron chi connectivity index (χ4n) is 4.64. The number of carbonyl (C=O) groups is 1. The van der Waals surface area contributed by atoms with Crippen molar-refractivity contribution in [3.8, 4) is 17.2 Å². The molecule has 0 radical (unpaired) electrons. The largest absolute Gasteiger partial charge is 0.497 e. The number of hydrogen-bond donors (Lipinski definition) is 1. The first-order valence-corrected chi connectivity index (χ1v) is 14.6. The van der Waals surface area contributed by atoms with E-state index in [0.29, 0.717) is 46.1 Å². The maximum absolute atomic E-state index is 12.8. The van der Waals surface area contributed by atoms with Crippen molar-refractivity contribution in [2.45, 2.75) is 25.2 Å². The van der Waals surface area contributed by atoms with Crippen LogP contribution < -0.4 is 10.1 Å². The number of urea groups is 1. The summed E-state index contributed by atoms with van der Waals surface area (Å²) in [5.41, 5.74) is 1.34. The van der Waals surface area contributed by atoms with E-state index in [4.69, 9.17) is 32.5 Å². The maximum Gasteiger partial charge on any atom is 0.321 e. The maximum atomic E-state index is 12.8. The molecule has 3 aromatic rings. The Morgan fingerprint density at radius 2 is 1.74 bits per heavy atom. The van der Waals surface area contributed by atoms with Gasteiger partial charge >= 0.3 is 6.03 Å². The summed E-state index contributed by atoms with van der Waals surface area (Å²) in [6.45, 7) is 2.71.